The lowest BCUT2D eigenvalue weighted by Gasteiger charge is -2.52. The zero-order valence-electron chi connectivity index (χ0n) is 25.4. The molecule has 0 spiro atoms. The van der Waals surface area contributed by atoms with Crippen LogP contribution in [0, 0.1) is 27.1 Å². The Labute approximate surface area is 222 Å². The van der Waals surface area contributed by atoms with Crippen LogP contribution < -0.4 is 0 Å². The standard InChI is InChI=1S/C33H56O3/c1-29(2,3)23-27(24-17-19-25(34)20-18-24)31(7,8)21-22-32(9,10)33(11,30(4,5)6)28(35)36-26-15-13-12-14-16-26/h17-20,26-27,34H,12-16,21-23H2,1-11H3. The molecule has 1 aromatic carbocycles. The van der Waals surface area contributed by atoms with Gasteiger partial charge in [0, 0.05) is 0 Å². The third-order valence-corrected chi connectivity index (χ3v) is 9.54. The van der Waals surface area contributed by atoms with Gasteiger partial charge in [0.15, 0.2) is 0 Å². The number of phenolic OH excluding ortho intramolecular Hbond substituents is 1. The van der Waals surface area contributed by atoms with Crippen molar-refractivity contribution in [3.63, 3.8) is 0 Å². The maximum Gasteiger partial charge on any atom is 0.313 e. The second-order valence-corrected chi connectivity index (χ2v) is 15.3. The van der Waals surface area contributed by atoms with Gasteiger partial charge in [-0.3, -0.25) is 4.79 Å². The van der Waals surface area contributed by atoms with Crippen molar-refractivity contribution in [2.45, 2.75) is 140 Å². The van der Waals surface area contributed by atoms with Crippen molar-refractivity contribution in [3.05, 3.63) is 29.8 Å². The fraction of sp³-hybridized carbons (Fsp3) is 0.788. The Morgan fingerprint density at radius 1 is 0.861 bits per heavy atom. The van der Waals surface area contributed by atoms with Gasteiger partial charge in [0.1, 0.15) is 11.9 Å². The van der Waals surface area contributed by atoms with E-state index in [0.717, 1.165) is 44.9 Å². The predicted molar refractivity (Wildman–Crippen MR) is 152 cm³/mol. The van der Waals surface area contributed by atoms with Crippen LogP contribution in [0.25, 0.3) is 0 Å². The Kier molecular flexibility index (Phi) is 9.45. The van der Waals surface area contributed by atoms with Crippen LogP contribution in [-0.2, 0) is 9.53 Å². The molecule has 36 heavy (non-hydrogen) atoms. The number of esters is 1. The van der Waals surface area contributed by atoms with E-state index in [1.807, 2.05) is 12.1 Å². The monoisotopic (exact) mass is 500 g/mol. The van der Waals surface area contributed by atoms with E-state index in [1.165, 1.54) is 12.0 Å². The third kappa shape index (κ3) is 7.29. The first kappa shape index (κ1) is 30.7. The number of hydrogen-bond acceptors (Lipinski definition) is 3. The first-order valence-electron chi connectivity index (χ1n) is 14.3. The highest BCUT2D eigenvalue weighted by molar-refractivity contribution is 5.78. The number of benzene rings is 1. The predicted octanol–water partition coefficient (Wildman–Crippen LogP) is 9.67. The molecule has 1 fully saturated rings. The molecule has 3 heteroatoms. The van der Waals surface area contributed by atoms with E-state index in [2.05, 4.69) is 88.3 Å². The summed E-state index contributed by atoms with van der Waals surface area (Å²) in [4.78, 5) is 13.9. The molecule has 3 nitrogen and oxygen atoms in total. The molecule has 0 amide bonds. The maximum atomic E-state index is 13.9. The van der Waals surface area contributed by atoms with Crippen molar-refractivity contribution >= 4 is 5.97 Å². The van der Waals surface area contributed by atoms with Crippen molar-refractivity contribution in [1.29, 1.82) is 0 Å². The average Bonchev–Trinajstić information content (AvgIpc) is 2.75. The van der Waals surface area contributed by atoms with Gasteiger partial charge in [0.05, 0.1) is 5.41 Å². The van der Waals surface area contributed by atoms with Crippen LogP contribution in [0.3, 0.4) is 0 Å². The highest BCUT2D eigenvalue weighted by Crippen LogP contribution is 2.57. The molecule has 1 aromatic rings. The van der Waals surface area contributed by atoms with Crippen molar-refractivity contribution in [3.8, 4) is 5.75 Å². The number of carbonyl (C=O) groups excluding carboxylic acids is 1. The van der Waals surface area contributed by atoms with Gasteiger partial charge in [0.25, 0.3) is 0 Å². The summed E-state index contributed by atoms with van der Waals surface area (Å²) < 4.78 is 6.23. The zero-order chi connectivity index (χ0) is 27.6. The maximum absolute atomic E-state index is 13.9. The summed E-state index contributed by atoms with van der Waals surface area (Å²) in [5.41, 5.74) is 0.405. The normalized spacial score (nSPS) is 19.0. The summed E-state index contributed by atoms with van der Waals surface area (Å²) in [6.07, 6.45) is 8.65. The SMILES string of the molecule is CC(C)(C)CC(c1ccc(O)cc1)C(C)(C)CCC(C)(C)C(C)(C(=O)OC1CCCCC1)C(C)(C)C. The summed E-state index contributed by atoms with van der Waals surface area (Å²) >= 11 is 0. The summed E-state index contributed by atoms with van der Waals surface area (Å²) in [6, 6.07) is 7.78. The van der Waals surface area contributed by atoms with E-state index in [0.29, 0.717) is 11.7 Å². The van der Waals surface area contributed by atoms with E-state index in [-0.39, 0.29) is 33.7 Å². The van der Waals surface area contributed by atoms with Gasteiger partial charge in [-0.05, 0) is 97.1 Å². The van der Waals surface area contributed by atoms with E-state index < -0.39 is 5.41 Å². The largest absolute Gasteiger partial charge is 0.508 e. The molecule has 0 heterocycles. The molecule has 2 atom stereocenters. The second kappa shape index (κ2) is 11.1. The minimum atomic E-state index is -0.606. The highest BCUT2D eigenvalue weighted by atomic mass is 16.5. The number of aromatic hydroxyl groups is 1. The summed E-state index contributed by atoms with van der Waals surface area (Å²) in [5.74, 6) is 0.642. The molecular weight excluding hydrogens is 444 g/mol. The molecule has 0 saturated heterocycles. The van der Waals surface area contributed by atoms with Gasteiger partial charge in [0.2, 0.25) is 0 Å². The first-order chi connectivity index (χ1) is 16.3. The topological polar surface area (TPSA) is 46.5 Å². The van der Waals surface area contributed by atoms with Crippen LogP contribution in [0.4, 0.5) is 0 Å². The van der Waals surface area contributed by atoms with E-state index >= 15 is 0 Å². The average molecular weight is 501 g/mol. The Morgan fingerprint density at radius 3 is 1.86 bits per heavy atom. The molecule has 0 aliphatic heterocycles. The van der Waals surface area contributed by atoms with Crippen molar-refractivity contribution in [2.75, 3.05) is 0 Å². The Morgan fingerprint density at radius 2 is 1.39 bits per heavy atom. The summed E-state index contributed by atoms with van der Waals surface area (Å²) in [6.45, 7) is 24.9. The summed E-state index contributed by atoms with van der Waals surface area (Å²) in [5, 5.41) is 9.88. The Bertz CT molecular complexity index is 844. The zero-order valence-corrected chi connectivity index (χ0v) is 25.4. The molecule has 206 valence electrons. The lowest BCUT2D eigenvalue weighted by Crippen LogP contribution is -2.53. The lowest BCUT2D eigenvalue weighted by molar-refractivity contribution is -0.182. The molecule has 2 rings (SSSR count). The second-order valence-electron chi connectivity index (χ2n) is 15.3. The van der Waals surface area contributed by atoms with Crippen molar-refractivity contribution in [1.82, 2.24) is 0 Å². The third-order valence-electron chi connectivity index (χ3n) is 9.54. The minimum absolute atomic E-state index is 0.0190. The fourth-order valence-corrected chi connectivity index (χ4v) is 6.27. The molecule has 1 aliphatic rings. The molecule has 0 aromatic heterocycles. The van der Waals surface area contributed by atoms with Crippen LogP contribution in [-0.4, -0.2) is 17.2 Å². The number of hydrogen-bond donors (Lipinski definition) is 1. The number of rotatable bonds is 9. The molecule has 1 N–H and O–H groups in total. The van der Waals surface area contributed by atoms with Crippen LogP contribution in [0.2, 0.25) is 0 Å². The fourth-order valence-electron chi connectivity index (χ4n) is 6.27. The molecule has 0 bridgehead atoms. The number of ether oxygens (including phenoxy) is 1. The summed E-state index contributed by atoms with van der Waals surface area (Å²) in [7, 11) is 0. The smallest absolute Gasteiger partial charge is 0.313 e. The van der Waals surface area contributed by atoms with E-state index in [4.69, 9.17) is 4.74 Å². The number of carbonyl (C=O) groups is 1. The first-order valence-corrected chi connectivity index (χ1v) is 14.3. The number of phenols is 1. The van der Waals surface area contributed by atoms with Gasteiger partial charge in [-0.1, -0.05) is 87.8 Å². The van der Waals surface area contributed by atoms with E-state index in [1.54, 1.807) is 0 Å². The van der Waals surface area contributed by atoms with Gasteiger partial charge < -0.3 is 9.84 Å². The molecule has 1 saturated carbocycles. The van der Waals surface area contributed by atoms with Crippen LogP contribution in [0.15, 0.2) is 24.3 Å². The lowest BCUT2D eigenvalue weighted by atomic mass is 9.52. The molecular formula is C33H56O3. The van der Waals surface area contributed by atoms with Crippen molar-refractivity contribution < 1.29 is 14.6 Å². The van der Waals surface area contributed by atoms with Gasteiger partial charge in [-0.25, -0.2) is 0 Å². The minimum Gasteiger partial charge on any atom is -0.508 e. The molecule has 0 radical (unpaired) electrons. The Balaban J connectivity index is 2.31. The van der Waals surface area contributed by atoms with Crippen LogP contribution >= 0.6 is 0 Å². The molecule has 1 aliphatic carbocycles. The van der Waals surface area contributed by atoms with Crippen molar-refractivity contribution in [2.24, 2.45) is 27.1 Å². The molecule has 2 unspecified atom stereocenters. The van der Waals surface area contributed by atoms with Crippen LogP contribution in [0.1, 0.15) is 139 Å². The van der Waals surface area contributed by atoms with Gasteiger partial charge >= 0.3 is 5.97 Å². The van der Waals surface area contributed by atoms with Gasteiger partial charge in [-0.15, -0.1) is 0 Å². The van der Waals surface area contributed by atoms with E-state index in [9.17, 15) is 9.90 Å². The quantitative estimate of drug-likeness (QED) is 0.343. The van der Waals surface area contributed by atoms with Crippen LogP contribution in [0.5, 0.6) is 5.75 Å². The Hall–Kier alpha value is -1.51. The van der Waals surface area contributed by atoms with Gasteiger partial charge in [-0.2, -0.15) is 0 Å². The highest BCUT2D eigenvalue weighted by Gasteiger charge is 2.56.